The van der Waals surface area contributed by atoms with E-state index in [-0.39, 0.29) is 24.4 Å². The summed E-state index contributed by atoms with van der Waals surface area (Å²) in [5, 5.41) is 3.74. The molecule has 0 bridgehead atoms. The molecule has 1 aromatic carbocycles. The highest BCUT2D eigenvalue weighted by atomic mass is 35.5. The summed E-state index contributed by atoms with van der Waals surface area (Å²) in [4.78, 5) is 13.7. The number of nitrogens with two attached hydrogens (primary N) is 1. The number of nitrogens with zero attached hydrogens (tertiary/aromatic N) is 1. The zero-order valence-electron chi connectivity index (χ0n) is 10.6. The highest BCUT2D eigenvalue weighted by molar-refractivity contribution is 6.30. The van der Waals surface area contributed by atoms with Crippen molar-refractivity contribution in [2.24, 2.45) is 5.73 Å². The smallest absolute Gasteiger partial charge is 0.221 e. The van der Waals surface area contributed by atoms with Crippen molar-refractivity contribution in [1.82, 2.24) is 5.32 Å². The van der Waals surface area contributed by atoms with Gasteiger partial charge in [0.2, 0.25) is 5.91 Å². The first-order valence-corrected chi connectivity index (χ1v) is 6.57. The Labute approximate surface area is 124 Å². The molecular formula is C13H19Cl2N3O. The molecule has 0 spiro atoms. The molecule has 1 amide bonds. The average molecular weight is 304 g/mol. The van der Waals surface area contributed by atoms with E-state index < -0.39 is 0 Å². The molecule has 2 rings (SSSR count). The molecule has 0 saturated carbocycles. The van der Waals surface area contributed by atoms with E-state index in [4.69, 9.17) is 17.3 Å². The van der Waals surface area contributed by atoms with Crippen molar-refractivity contribution in [3.05, 3.63) is 29.3 Å². The monoisotopic (exact) mass is 303 g/mol. The SMILES string of the molecule is Cl.NCCC(=O)NC1CCN(c2cccc(Cl)c2)C1. The van der Waals surface area contributed by atoms with Gasteiger partial charge in [0.25, 0.3) is 0 Å². The summed E-state index contributed by atoms with van der Waals surface area (Å²) in [6.45, 7) is 2.17. The summed E-state index contributed by atoms with van der Waals surface area (Å²) < 4.78 is 0. The van der Waals surface area contributed by atoms with E-state index in [2.05, 4.69) is 10.2 Å². The first-order valence-electron chi connectivity index (χ1n) is 6.19. The van der Waals surface area contributed by atoms with Crippen LogP contribution in [-0.4, -0.2) is 31.6 Å². The van der Waals surface area contributed by atoms with Crippen LogP contribution in [0.25, 0.3) is 0 Å². The van der Waals surface area contributed by atoms with Crippen LogP contribution in [0.1, 0.15) is 12.8 Å². The maximum absolute atomic E-state index is 11.5. The zero-order valence-corrected chi connectivity index (χ0v) is 12.2. The number of anilines is 1. The number of hydrogen-bond donors (Lipinski definition) is 2. The third kappa shape index (κ3) is 4.56. The molecule has 3 N–H and O–H groups in total. The molecule has 19 heavy (non-hydrogen) atoms. The van der Waals surface area contributed by atoms with Crippen LogP contribution in [0, 0.1) is 0 Å². The van der Waals surface area contributed by atoms with E-state index in [1.54, 1.807) is 0 Å². The molecule has 106 valence electrons. The van der Waals surface area contributed by atoms with Crippen LogP contribution in [0.4, 0.5) is 5.69 Å². The molecule has 6 heteroatoms. The molecule has 0 aromatic heterocycles. The second-order valence-electron chi connectivity index (χ2n) is 4.52. The van der Waals surface area contributed by atoms with Crippen molar-refractivity contribution in [2.75, 3.05) is 24.5 Å². The van der Waals surface area contributed by atoms with Crippen LogP contribution < -0.4 is 16.0 Å². The maximum Gasteiger partial charge on any atom is 0.221 e. The summed E-state index contributed by atoms with van der Waals surface area (Å²) in [5.74, 6) is 0.0374. The van der Waals surface area contributed by atoms with Gasteiger partial charge in [0.1, 0.15) is 0 Å². The Kier molecular flexibility index (Phi) is 6.42. The summed E-state index contributed by atoms with van der Waals surface area (Å²) in [7, 11) is 0. The van der Waals surface area contributed by atoms with Gasteiger partial charge in [-0.2, -0.15) is 0 Å². The Morgan fingerprint density at radius 3 is 3.00 bits per heavy atom. The Morgan fingerprint density at radius 2 is 2.32 bits per heavy atom. The fraction of sp³-hybridized carbons (Fsp3) is 0.462. The molecule has 4 nitrogen and oxygen atoms in total. The number of carbonyl (C=O) groups is 1. The minimum atomic E-state index is 0. The number of amides is 1. The van der Waals surface area contributed by atoms with Crippen molar-refractivity contribution < 1.29 is 4.79 Å². The number of benzene rings is 1. The first-order chi connectivity index (χ1) is 8.69. The summed E-state index contributed by atoms with van der Waals surface area (Å²) >= 11 is 5.97. The van der Waals surface area contributed by atoms with Gasteiger partial charge in [-0.15, -0.1) is 12.4 Å². The first kappa shape index (κ1) is 16.1. The summed E-state index contributed by atoms with van der Waals surface area (Å²) in [5.41, 5.74) is 6.46. The molecule has 0 radical (unpaired) electrons. The lowest BCUT2D eigenvalue weighted by Gasteiger charge is -2.19. The van der Waals surface area contributed by atoms with E-state index >= 15 is 0 Å². The fourth-order valence-electron chi connectivity index (χ4n) is 2.22. The summed E-state index contributed by atoms with van der Waals surface area (Å²) in [6, 6.07) is 8.00. The van der Waals surface area contributed by atoms with E-state index in [9.17, 15) is 4.79 Å². The van der Waals surface area contributed by atoms with Gasteiger partial charge in [-0.05, 0) is 24.6 Å². The molecule has 0 aliphatic carbocycles. The minimum absolute atomic E-state index is 0. The van der Waals surface area contributed by atoms with Crippen molar-refractivity contribution in [1.29, 1.82) is 0 Å². The van der Waals surface area contributed by atoms with Gasteiger partial charge in [0, 0.05) is 42.8 Å². The lowest BCUT2D eigenvalue weighted by molar-refractivity contribution is -0.121. The van der Waals surface area contributed by atoms with Gasteiger partial charge in [0.15, 0.2) is 0 Å². The Bertz CT molecular complexity index is 428. The molecule has 1 aliphatic heterocycles. The van der Waals surface area contributed by atoms with Crippen molar-refractivity contribution in [3.8, 4) is 0 Å². The number of hydrogen-bond acceptors (Lipinski definition) is 3. The van der Waals surface area contributed by atoms with Gasteiger partial charge in [-0.3, -0.25) is 4.79 Å². The number of carbonyl (C=O) groups excluding carboxylic acids is 1. The van der Waals surface area contributed by atoms with Crippen molar-refractivity contribution in [2.45, 2.75) is 18.9 Å². The molecule has 1 fully saturated rings. The van der Waals surface area contributed by atoms with Crippen LogP contribution in [0.15, 0.2) is 24.3 Å². The molecule has 1 heterocycles. The van der Waals surface area contributed by atoms with Gasteiger partial charge < -0.3 is 16.0 Å². The predicted molar refractivity (Wildman–Crippen MR) is 81.1 cm³/mol. The molecule has 1 atom stereocenters. The third-order valence-electron chi connectivity index (χ3n) is 3.10. The van der Waals surface area contributed by atoms with Crippen LogP contribution in [-0.2, 0) is 4.79 Å². The topological polar surface area (TPSA) is 58.4 Å². The van der Waals surface area contributed by atoms with Crippen molar-refractivity contribution in [3.63, 3.8) is 0 Å². The van der Waals surface area contributed by atoms with Gasteiger partial charge in [0.05, 0.1) is 0 Å². The number of halogens is 2. The minimum Gasteiger partial charge on any atom is -0.369 e. The Balaban J connectivity index is 0.00000180. The fourth-order valence-corrected chi connectivity index (χ4v) is 2.40. The molecule has 1 saturated heterocycles. The average Bonchev–Trinajstić information content (AvgIpc) is 2.78. The normalized spacial score (nSPS) is 18.0. The van der Waals surface area contributed by atoms with Crippen molar-refractivity contribution >= 4 is 35.6 Å². The highest BCUT2D eigenvalue weighted by Gasteiger charge is 2.23. The lowest BCUT2D eigenvalue weighted by atomic mass is 10.2. The third-order valence-corrected chi connectivity index (χ3v) is 3.33. The molecule has 1 aromatic rings. The predicted octanol–water partition coefficient (Wildman–Crippen LogP) is 1.81. The number of nitrogens with one attached hydrogen (secondary N) is 1. The second-order valence-corrected chi connectivity index (χ2v) is 4.95. The van der Waals surface area contributed by atoms with Crippen LogP contribution in [0.3, 0.4) is 0 Å². The van der Waals surface area contributed by atoms with E-state index in [0.29, 0.717) is 13.0 Å². The lowest BCUT2D eigenvalue weighted by Crippen LogP contribution is -2.37. The largest absolute Gasteiger partial charge is 0.369 e. The van der Waals surface area contributed by atoms with Crippen LogP contribution in [0.5, 0.6) is 0 Å². The molecule has 1 unspecified atom stereocenters. The maximum atomic E-state index is 11.5. The second kappa shape index (κ2) is 7.58. The Hall–Kier alpha value is -0.970. The molecular weight excluding hydrogens is 285 g/mol. The molecule has 1 aliphatic rings. The zero-order chi connectivity index (χ0) is 13.0. The number of rotatable bonds is 4. The van der Waals surface area contributed by atoms with E-state index in [1.165, 1.54) is 0 Å². The van der Waals surface area contributed by atoms with E-state index in [1.807, 2.05) is 24.3 Å². The standard InChI is InChI=1S/C13H18ClN3O.ClH/c14-10-2-1-3-12(8-10)17-7-5-11(9-17)16-13(18)4-6-15;/h1-3,8,11H,4-7,9,15H2,(H,16,18);1H. The Morgan fingerprint density at radius 1 is 1.53 bits per heavy atom. The van der Waals surface area contributed by atoms with Gasteiger partial charge in [-0.1, -0.05) is 17.7 Å². The quantitative estimate of drug-likeness (QED) is 0.892. The van der Waals surface area contributed by atoms with Gasteiger partial charge in [-0.25, -0.2) is 0 Å². The van der Waals surface area contributed by atoms with Gasteiger partial charge >= 0.3 is 0 Å². The van der Waals surface area contributed by atoms with Crippen LogP contribution in [0.2, 0.25) is 5.02 Å². The van der Waals surface area contributed by atoms with Crippen LogP contribution >= 0.6 is 24.0 Å². The summed E-state index contributed by atoms with van der Waals surface area (Å²) in [6.07, 6.45) is 1.36. The highest BCUT2D eigenvalue weighted by Crippen LogP contribution is 2.23. The van der Waals surface area contributed by atoms with E-state index in [0.717, 1.165) is 30.2 Å².